The van der Waals surface area contributed by atoms with Gasteiger partial charge in [-0.05, 0) is 41.3 Å². The van der Waals surface area contributed by atoms with Crippen LogP contribution in [0, 0.1) is 0 Å². The monoisotopic (exact) mass is 460 g/mol. The van der Waals surface area contributed by atoms with Crippen LogP contribution in [0.4, 0.5) is 0 Å². The van der Waals surface area contributed by atoms with Crippen molar-refractivity contribution in [1.29, 1.82) is 0 Å². The summed E-state index contributed by atoms with van der Waals surface area (Å²) in [4.78, 5) is 18.7. The maximum atomic E-state index is 12.6. The van der Waals surface area contributed by atoms with E-state index in [1.807, 2.05) is 30.3 Å². The van der Waals surface area contributed by atoms with Gasteiger partial charge < -0.3 is 19.1 Å². The minimum absolute atomic E-state index is 0.0488. The Balaban J connectivity index is 1.56. The Morgan fingerprint density at radius 1 is 1.18 bits per heavy atom. The average Bonchev–Trinajstić information content (AvgIpc) is 3.15. The summed E-state index contributed by atoms with van der Waals surface area (Å²) in [6, 6.07) is 18.2. The third-order valence-electron chi connectivity index (χ3n) is 5.61. The second kappa shape index (κ2) is 9.60. The van der Waals surface area contributed by atoms with E-state index >= 15 is 0 Å². The van der Waals surface area contributed by atoms with Crippen molar-refractivity contribution in [2.45, 2.75) is 13.2 Å². The normalized spacial score (nSPS) is 13.3. The van der Waals surface area contributed by atoms with Crippen molar-refractivity contribution >= 4 is 27.3 Å². The minimum atomic E-state index is -0.0590. The van der Waals surface area contributed by atoms with Gasteiger partial charge in [-0.1, -0.05) is 24.3 Å². The number of hydrogen-bond acceptors (Lipinski definition) is 6. The lowest BCUT2D eigenvalue weighted by Crippen LogP contribution is -2.34. The molecule has 6 nitrogen and oxygen atoms in total. The number of ether oxygens (including phenoxy) is 3. The third kappa shape index (κ3) is 4.55. The van der Waals surface area contributed by atoms with Gasteiger partial charge in [0.2, 0.25) is 5.91 Å². The van der Waals surface area contributed by atoms with Crippen molar-refractivity contribution in [1.82, 2.24) is 9.88 Å². The SMILES string of the molecule is COCC(=O)N1CCOc2c(cc(-c3csc4ccccc34)cc2OCc2ccccn2)C1. The van der Waals surface area contributed by atoms with E-state index < -0.39 is 0 Å². The number of carbonyl (C=O) groups excluding carboxylic acids is 1. The molecule has 2 aromatic carbocycles. The Morgan fingerprint density at radius 2 is 2.06 bits per heavy atom. The van der Waals surface area contributed by atoms with Gasteiger partial charge in [0.1, 0.15) is 19.8 Å². The van der Waals surface area contributed by atoms with Crippen LogP contribution in [0.3, 0.4) is 0 Å². The Labute approximate surface area is 196 Å². The Hall–Kier alpha value is -3.42. The number of amides is 1. The molecule has 0 unspecified atom stereocenters. The van der Waals surface area contributed by atoms with Gasteiger partial charge >= 0.3 is 0 Å². The minimum Gasteiger partial charge on any atom is -0.487 e. The summed E-state index contributed by atoms with van der Waals surface area (Å²) in [5, 5.41) is 3.36. The summed E-state index contributed by atoms with van der Waals surface area (Å²) in [6.07, 6.45) is 1.75. The zero-order valence-electron chi connectivity index (χ0n) is 18.3. The Bertz CT molecular complexity index is 1270. The second-order valence-electron chi connectivity index (χ2n) is 7.81. The van der Waals surface area contributed by atoms with Gasteiger partial charge in [-0.15, -0.1) is 11.3 Å². The highest BCUT2D eigenvalue weighted by Gasteiger charge is 2.24. The van der Waals surface area contributed by atoms with E-state index in [2.05, 4.69) is 34.6 Å². The van der Waals surface area contributed by atoms with Crippen LogP contribution in [0.5, 0.6) is 11.5 Å². The first-order valence-electron chi connectivity index (χ1n) is 10.8. The molecule has 168 valence electrons. The van der Waals surface area contributed by atoms with Gasteiger partial charge in [-0.3, -0.25) is 9.78 Å². The van der Waals surface area contributed by atoms with Crippen molar-refractivity contribution in [3.05, 3.63) is 77.4 Å². The molecule has 7 heteroatoms. The molecule has 2 aromatic heterocycles. The van der Waals surface area contributed by atoms with Crippen LogP contribution in [0.25, 0.3) is 21.2 Å². The van der Waals surface area contributed by atoms with Crippen molar-refractivity contribution < 1.29 is 19.0 Å². The molecule has 0 saturated carbocycles. The number of nitrogens with zero attached hydrogens (tertiary/aromatic N) is 2. The predicted octanol–water partition coefficient (Wildman–Crippen LogP) is 4.91. The highest BCUT2D eigenvalue weighted by Crippen LogP contribution is 2.42. The zero-order chi connectivity index (χ0) is 22.6. The molecular weight excluding hydrogens is 436 g/mol. The van der Waals surface area contributed by atoms with Crippen LogP contribution in [-0.2, 0) is 22.7 Å². The number of methoxy groups -OCH3 is 1. The van der Waals surface area contributed by atoms with Crippen molar-refractivity contribution in [3.8, 4) is 22.6 Å². The van der Waals surface area contributed by atoms with Crippen LogP contribution in [-0.4, -0.2) is 42.7 Å². The van der Waals surface area contributed by atoms with Gasteiger partial charge in [0, 0.05) is 41.1 Å². The van der Waals surface area contributed by atoms with Gasteiger partial charge in [0.25, 0.3) is 0 Å². The van der Waals surface area contributed by atoms with Crippen LogP contribution in [0.2, 0.25) is 0 Å². The predicted molar refractivity (Wildman–Crippen MR) is 129 cm³/mol. The lowest BCUT2D eigenvalue weighted by Gasteiger charge is -2.20. The maximum absolute atomic E-state index is 12.6. The topological polar surface area (TPSA) is 60.9 Å². The number of rotatable bonds is 6. The van der Waals surface area contributed by atoms with E-state index in [1.165, 1.54) is 17.2 Å². The Kier molecular flexibility index (Phi) is 6.24. The van der Waals surface area contributed by atoms with Crippen LogP contribution >= 0.6 is 11.3 Å². The fourth-order valence-electron chi connectivity index (χ4n) is 4.01. The first-order valence-corrected chi connectivity index (χ1v) is 11.7. The second-order valence-corrected chi connectivity index (χ2v) is 8.73. The van der Waals surface area contributed by atoms with Gasteiger partial charge in [0.05, 0.1) is 12.2 Å². The fourth-order valence-corrected chi connectivity index (χ4v) is 4.98. The van der Waals surface area contributed by atoms with E-state index in [0.717, 1.165) is 22.4 Å². The highest BCUT2D eigenvalue weighted by molar-refractivity contribution is 7.17. The molecule has 0 aliphatic carbocycles. The highest BCUT2D eigenvalue weighted by atomic mass is 32.1. The van der Waals surface area contributed by atoms with Gasteiger partial charge in [-0.25, -0.2) is 0 Å². The quantitative estimate of drug-likeness (QED) is 0.409. The number of fused-ring (bicyclic) bond motifs is 2. The van der Waals surface area contributed by atoms with Crippen LogP contribution in [0.15, 0.2) is 66.2 Å². The summed E-state index contributed by atoms with van der Waals surface area (Å²) in [6.45, 7) is 1.70. The van der Waals surface area contributed by atoms with E-state index in [1.54, 1.807) is 22.4 Å². The van der Waals surface area contributed by atoms with Gasteiger partial charge in [0.15, 0.2) is 11.5 Å². The summed E-state index contributed by atoms with van der Waals surface area (Å²) in [5.41, 5.74) is 3.93. The first-order chi connectivity index (χ1) is 16.2. The largest absolute Gasteiger partial charge is 0.487 e. The average molecular weight is 461 g/mol. The Morgan fingerprint density at radius 3 is 2.91 bits per heavy atom. The molecule has 33 heavy (non-hydrogen) atoms. The molecule has 0 bridgehead atoms. The number of benzene rings is 2. The number of thiophene rings is 1. The summed E-state index contributed by atoms with van der Waals surface area (Å²) in [5.74, 6) is 1.28. The molecule has 0 spiro atoms. The molecule has 5 rings (SSSR count). The molecule has 1 aliphatic rings. The summed E-state index contributed by atoms with van der Waals surface area (Å²) < 4.78 is 18.6. The smallest absolute Gasteiger partial charge is 0.248 e. The van der Waals surface area contributed by atoms with E-state index in [0.29, 0.717) is 37.8 Å². The molecule has 0 N–H and O–H groups in total. The molecule has 4 aromatic rings. The first kappa shape index (κ1) is 21.4. The van der Waals surface area contributed by atoms with Crippen molar-refractivity contribution in [2.24, 2.45) is 0 Å². The molecular formula is C26H24N2O4S. The third-order valence-corrected chi connectivity index (χ3v) is 6.58. The molecule has 1 aliphatic heterocycles. The number of carbonyl (C=O) groups is 1. The van der Waals surface area contributed by atoms with Crippen LogP contribution in [0.1, 0.15) is 11.3 Å². The lowest BCUT2D eigenvalue weighted by atomic mass is 10.0. The number of hydrogen-bond donors (Lipinski definition) is 0. The van der Waals surface area contributed by atoms with Crippen LogP contribution < -0.4 is 9.47 Å². The summed E-state index contributed by atoms with van der Waals surface area (Å²) in [7, 11) is 1.53. The molecule has 0 atom stereocenters. The van der Waals surface area contributed by atoms with Crippen molar-refractivity contribution in [3.63, 3.8) is 0 Å². The number of aromatic nitrogens is 1. The van der Waals surface area contributed by atoms with E-state index in [9.17, 15) is 4.79 Å². The summed E-state index contributed by atoms with van der Waals surface area (Å²) >= 11 is 1.72. The van der Waals surface area contributed by atoms with Gasteiger partial charge in [-0.2, -0.15) is 0 Å². The van der Waals surface area contributed by atoms with E-state index in [-0.39, 0.29) is 12.5 Å². The molecule has 0 saturated heterocycles. The van der Waals surface area contributed by atoms with E-state index in [4.69, 9.17) is 14.2 Å². The standard InChI is InChI=1S/C26H24N2O4S/c1-30-16-25(29)28-10-11-31-26-19(14-28)12-18(22-17-33-24-8-3-2-7-21(22)24)13-23(26)32-15-20-6-4-5-9-27-20/h2-9,12-13,17H,10-11,14-16H2,1H3. The molecule has 1 amide bonds. The molecule has 0 radical (unpaired) electrons. The number of pyridine rings is 1. The molecule has 0 fully saturated rings. The van der Waals surface area contributed by atoms with Crippen molar-refractivity contribution in [2.75, 3.05) is 26.9 Å². The fraction of sp³-hybridized carbons (Fsp3) is 0.231. The lowest BCUT2D eigenvalue weighted by molar-refractivity contribution is -0.135. The molecule has 3 heterocycles. The maximum Gasteiger partial charge on any atom is 0.248 e. The zero-order valence-corrected chi connectivity index (χ0v) is 19.1.